The molecule has 0 fully saturated rings. The first-order valence-electron chi connectivity index (χ1n) is 13.4. The minimum atomic E-state index is -0.239. The average Bonchev–Trinajstić information content (AvgIpc) is 2.98. The molecule has 0 aliphatic carbocycles. The lowest BCUT2D eigenvalue weighted by molar-refractivity contribution is -0.119. The number of hydrogen-bond donors (Lipinski definition) is 2. The summed E-state index contributed by atoms with van der Waals surface area (Å²) in [4.78, 5) is 43.0. The summed E-state index contributed by atoms with van der Waals surface area (Å²) in [6, 6.07) is 6.46. The number of nitrogens with zero attached hydrogens (tertiary/aromatic N) is 4. The number of allylic oxidation sites excluding steroid dienone is 1. The van der Waals surface area contributed by atoms with E-state index in [1.807, 2.05) is 31.9 Å². The highest BCUT2D eigenvalue weighted by atomic mass is 19.1. The van der Waals surface area contributed by atoms with Crippen molar-refractivity contribution >= 4 is 31.7 Å². The van der Waals surface area contributed by atoms with E-state index >= 15 is 0 Å². The molecule has 10 nitrogen and oxygen atoms in total. The topological polar surface area (TPSA) is 116 Å². The van der Waals surface area contributed by atoms with E-state index < -0.39 is 0 Å². The smallest absolute Gasteiger partial charge is 0.246 e. The van der Waals surface area contributed by atoms with Crippen molar-refractivity contribution in [1.82, 2.24) is 20.4 Å². The molecule has 42 heavy (non-hydrogen) atoms. The van der Waals surface area contributed by atoms with E-state index in [4.69, 9.17) is 4.74 Å². The third kappa shape index (κ3) is 21.7. The van der Waals surface area contributed by atoms with Crippen molar-refractivity contribution in [1.29, 1.82) is 0 Å². The van der Waals surface area contributed by atoms with Gasteiger partial charge in [-0.3, -0.25) is 24.4 Å². The van der Waals surface area contributed by atoms with Gasteiger partial charge in [0.05, 0.1) is 12.1 Å². The SMILES string of the molecule is C=N/C=C\N(C)CC(CN(C=O)C/C=C(\C)Cc1ccc(F)cc1)OC.C=NC(C)/C=C(\C)C(=O)NC.CNC(C)=O. The van der Waals surface area contributed by atoms with Gasteiger partial charge < -0.3 is 25.2 Å². The van der Waals surface area contributed by atoms with Crippen LogP contribution in [0.2, 0.25) is 0 Å². The maximum absolute atomic E-state index is 12.9. The van der Waals surface area contributed by atoms with E-state index in [1.54, 1.807) is 63.6 Å². The van der Waals surface area contributed by atoms with Gasteiger partial charge in [0.2, 0.25) is 18.2 Å². The normalized spacial score (nSPS) is 12.4. The number of hydrogen-bond acceptors (Lipinski definition) is 7. The molecule has 1 aromatic carbocycles. The molecule has 0 saturated carbocycles. The van der Waals surface area contributed by atoms with E-state index in [9.17, 15) is 18.8 Å². The molecule has 0 bridgehead atoms. The van der Waals surface area contributed by atoms with Crippen LogP contribution < -0.4 is 10.6 Å². The van der Waals surface area contributed by atoms with Gasteiger partial charge in [-0.05, 0) is 58.3 Å². The van der Waals surface area contributed by atoms with E-state index in [0.717, 1.165) is 24.0 Å². The first-order chi connectivity index (χ1) is 19.9. The maximum Gasteiger partial charge on any atom is 0.246 e. The number of likely N-dealkylation sites (N-methyl/N-ethyl adjacent to an activating group) is 2. The van der Waals surface area contributed by atoms with Crippen molar-refractivity contribution < 1.29 is 23.5 Å². The van der Waals surface area contributed by atoms with Gasteiger partial charge >= 0.3 is 0 Å². The van der Waals surface area contributed by atoms with Crippen LogP contribution in [0.1, 0.15) is 33.3 Å². The molecule has 2 N–H and O–H groups in total. The average molecular weight is 589 g/mol. The summed E-state index contributed by atoms with van der Waals surface area (Å²) in [7, 11) is 6.74. The van der Waals surface area contributed by atoms with Gasteiger partial charge in [-0.2, -0.15) is 0 Å². The summed E-state index contributed by atoms with van der Waals surface area (Å²) in [5.41, 5.74) is 2.83. The Morgan fingerprint density at radius 1 is 1.10 bits per heavy atom. The van der Waals surface area contributed by atoms with Crippen LogP contribution in [0.5, 0.6) is 0 Å². The molecule has 2 unspecified atom stereocenters. The van der Waals surface area contributed by atoms with Crippen LogP contribution in [-0.4, -0.2) is 101 Å². The molecular formula is C31H49FN6O4. The highest BCUT2D eigenvalue weighted by Gasteiger charge is 2.13. The van der Waals surface area contributed by atoms with E-state index in [-0.39, 0.29) is 29.8 Å². The summed E-state index contributed by atoms with van der Waals surface area (Å²) >= 11 is 0. The van der Waals surface area contributed by atoms with Crippen LogP contribution in [0, 0.1) is 5.82 Å². The highest BCUT2D eigenvalue weighted by Crippen LogP contribution is 2.09. The minimum Gasteiger partial charge on any atom is -0.378 e. The molecule has 11 heteroatoms. The third-order valence-corrected chi connectivity index (χ3v) is 5.63. The molecule has 0 spiro atoms. The van der Waals surface area contributed by atoms with Gasteiger partial charge in [0.25, 0.3) is 0 Å². The number of rotatable bonds is 15. The Balaban J connectivity index is 0. The lowest BCUT2D eigenvalue weighted by Gasteiger charge is -2.26. The van der Waals surface area contributed by atoms with E-state index in [2.05, 4.69) is 34.1 Å². The molecule has 0 heterocycles. The first kappa shape index (κ1) is 40.0. The van der Waals surface area contributed by atoms with Gasteiger partial charge in [0.15, 0.2) is 0 Å². The molecular weight excluding hydrogens is 539 g/mol. The number of methoxy groups -OCH3 is 1. The Bertz CT molecular complexity index is 1040. The number of nitrogens with one attached hydrogen (secondary N) is 2. The van der Waals surface area contributed by atoms with Gasteiger partial charge in [-0.25, -0.2) is 4.39 Å². The summed E-state index contributed by atoms with van der Waals surface area (Å²) in [6.45, 7) is 15.5. The van der Waals surface area contributed by atoms with Crippen LogP contribution in [0.3, 0.4) is 0 Å². The number of carbonyl (C=O) groups is 3. The largest absolute Gasteiger partial charge is 0.378 e. The Morgan fingerprint density at radius 2 is 1.69 bits per heavy atom. The number of benzene rings is 1. The molecule has 3 amide bonds. The van der Waals surface area contributed by atoms with Crippen LogP contribution in [0.25, 0.3) is 0 Å². The molecule has 2 atom stereocenters. The Labute approximate surface area is 251 Å². The molecule has 0 aliphatic heterocycles. The van der Waals surface area contributed by atoms with Crippen molar-refractivity contribution in [2.75, 3.05) is 47.9 Å². The maximum atomic E-state index is 12.9. The van der Waals surface area contributed by atoms with Crippen LogP contribution in [0.15, 0.2) is 69.9 Å². The summed E-state index contributed by atoms with van der Waals surface area (Å²) in [6.07, 6.45) is 8.62. The molecule has 0 radical (unpaired) electrons. The zero-order valence-electron chi connectivity index (χ0n) is 26.4. The lowest BCUT2D eigenvalue weighted by Crippen LogP contribution is -2.38. The number of carbonyl (C=O) groups excluding carboxylic acids is 3. The fourth-order valence-electron chi connectivity index (χ4n) is 3.13. The summed E-state index contributed by atoms with van der Waals surface area (Å²) in [5.74, 6) is -0.303. The molecule has 1 rings (SSSR count). The lowest BCUT2D eigenvalue weighted by atomic mass is 10.1. The predicted octanol–water partition coefficient (Wildman–Crippen LogP) is 3.41. The summed E-state index contributed by atoms with van der Waals surface area (Å²) in [5, 5.41) is 4.91. The quantitative estimate of drug-likeness (QED) is 0.141. The van der Waals surface area contributed by atoms with Gasteiger partial charge in [0, 0.05) is 72.8 Å². The zero-order chi connectivity index (χ0) is 32.5. The van der Waals surface area contributed by atoms with Crippen LogP contribution in [-0.2, 0) is 25.5 Å². The Hall–Kier alpha value is -4.12. The summed E-state index contributed by atoms with van der Waals surface area (Å²) < 4.78 is 18.4. The van der Waals surface area contributed by atoms with Crippen molar-refractivity contribution in [3.05, 3.63) is 71.3 Å². The van der Waals surface area contributed by atoms with Crippen LogP contribution >= 0.6 is 0 Å². The molecule has 0 saturated heterocycles. The van der Waals surface area contributed by atoms with Gasteiger partial charge in [-0.15, -0.1) is 0 Å². The second-order valence-corrected chi connectivity index (χ2v) is 9.35. The number of ether oxygens (including phenoxy) is 1. The van der Waals surface area contributed by atoms with Crippen molar-refractivity contribution in [3.8, 4) is 0 Å². The number of aliphatic imine (C=N–C) groups is 2. The van der Waals surface area contributed by atoms with Crippen molar-refractivity contribution in [3.63, 3.8) is 0 Å². The number of halogens is 1. The van der Waals surface area contributed by atoms with Gasteiger partial charge in [0.1, 0.15) is 5.82 Å². The molecule has 0 aliphatic rings. The monoisotopic (exact) mass is 588 g/mol. The second kappa shape index (κ2) is 24.7. The molecule has 1 aromatic rings. The second-order valence-electron chi connectivity index (χ2n) is 9.35. The number of amides is 3. The van der Waals surface area contributed by atoms with Crippen molar-refractivity contribution in [2.45, 2.75) is 46.3 Å². The molecule has 0 aromatic heterocycles. The molecule has 234 valence electrons. The van der Waals surface area contributed by atoms with Gasteiger partial charge in [-0.1, -0.05) is 29.9 Å². The minimum absolute atomic E-state index is 0.00463. The zero-order valence-corrected chi connectivity index (χ0v) is 26.4. The fourth-order valence-corrected chi connectivity index (χ4v) is 3.13. The van der Waals surface area contributed by atoms with E-state index in [1.165, 1.54) is 19.1 Å². The first-order valence-corrected chi connectivity index (χ1v) is 13.4. The highest BCUT2D eigenvalue weighted by molar-refractivity contribution is 5.92. The Kier molecular flexibility index (Phi) is 23.5. The van der Waals surface area contributed by atoms with E-state index in [0.29, 0.717) is 25.2 Å². The fraction of sp³-hybridized carbons (Fsp3) is 0.452. The third-order valence-electron chi connectivity index (χ3n) is 5.63. The predicted molar refractivity (Wildman–Crippen MR) is 170 cm³/mol. The standard InChI is InChI=1S/C20H28FN3O2.C8H14N2O.C3H7NO/c1-17(13-18-5-7-19(21)8-6-18)9-11-24(16-25)15-20(26-4)14-23(3)12-10-22-2;1-6(8(11)10-4)5-7(2)9-3;1-3(5)4-2/h5-10,12,16,20H,2,11,13-15H2,1,3-4H3;5,7H,3H2,1-2,4H3,(H,10,11);1-2H3,(H,4,5)/b12-10-,17-9+;6-5+;. The Morgan fingerprint density at radius 3 is 2.14 bits per heavy atom. The van der Waals surface area contributed by atoms with Crippen molar-refractivity contribution in [2.24, 2.45) is 9.98 Å². The van der Waals surface area contributed by atoms with Crippen LogP contribution in [0.4, 0.5) is 4.39 Å².